The molecule has 0 bridgehead atoms. The van der Waals surface area contributed by atoms with Crippen molar-refractivity contribution in [2.24, 2.45) is 0 Å². The Labute approximate surface area is 181 Å². The van der Waals surface area contributed by atoms with Crippen molar-refractivity contribution < 1.29 is 8.91 Å². The molecule has 164 valence electrons. The summed E-state index contributed by atoms with van der Waals surface area (Å²) in [5, 5.41) is 13.3. The first kappa shape index (κ1) is 19.4. The van der Waals surface area contributed by atoms with Crippen LogP contribution >= 0.6 is 0 Å². The van der Waals surface area contributed by atoms with Gasteiger partial charge in [-0.05, 0) is 75.9 Å². The lowest BCUT2D eigenvalue weighted by atomic mass is 9.82. The van der Waals surface area contributed by atoms with Crippen LogP contribution in [0.15, 0.2) is 22.7 Å². The smallest absolute Gasteiger partial charge is 0.291 e. The van der Waals surface area contributed by atoms with Gasteiger partial charge in [0, 0.05) is 23.3 Å². The third-order valence-electron chi connectivity index (χ3n) is 7.50. The summed E-state index contributed by atoms with van der Waals surface area (Å²) in [7, 11) is 0. The summed E-state index contributed by atoms with van der Waals surface area (Å²) in [6, 6.07) is 5.88. The standard InChI is InChI=1S/C23H29FN6O/c24-19-6-2-5-18-20(15-3-1-4-15)27-30(21(18)19)23-26-22(31-28-23)16-9-13-29(14-10-16)17-7-11-25-12-8-17/h2,5-6,15-17,25H,1,3-4,7-14H2. The molecule has 3 aliphatic rings. The van der Waals surface area contributed by atoms with Gasteiger partial charge in [-0.3, -0.25) is 0 Å². The Morgan fingerprint density at radius 3 is 2.55 bits per heavy atom. The summed E-state index contributed by atoms with van der Waals surface area (Å²) in [6.45, 7) is 4.38. The van der Waals surface area contributed by atoms with Gasteiger partial charge in [-0.2, -0.15) is 14.8 Å². The lowest BCUT2D eigenvalue weighted by Gasteiger charge is -2.38. The Balaban J connectivity index is 1.23. The van der Waals surface area contributed by atoms with Crippen LogP contribution in [0.5, 0.6) is 0 Å². The van der Waals surface area contributed by atoms with E-state index in [1.54, 1.807) is 10.7 Å². The maximum atomic E-state index is 14.8. The number of fused-ring (bicyclic) bond motifs is 1. The first-order valence-corrected chi connectivity index (χ1v) is 11.7. The number of halogens is 1. The second-order valence-corrected chi connectivity index (χ2v) is 9.28. The molecule has 1 aromatic carbocycles. The fourth-order valence-corrected chi connectivity index (χ4v) is 5.44. The van der Waals surface area contributed by atoms with Gasteiger partial charge in [0.05, 0.1) is 5.69 Å². The zero-order chi connectivity index (χ0) is 20.8. The van der Waals surface area contributed by atoms with Gasteiger partial charge in [0.15, 0.2) is 0 Å². The third kappa shape index (κ3) is 3.46. The first-order chi connectivity index (χ1) is 15.3. The maximum absolute atomic E-state index is 14.8. The molecule has 3 fully saturated rings. The van der Waals surface area contributed by atoms with Gasteiger partial charge in [-0.25, -0.2) is 4.39 Å². The van der Waals surface area contributed by atoms with Crippen LogP contribution in [0.4, 0.5) is 4.39 Å². The van der Waals surface area contributed by atoms with E-state index in [1.165, 1.54) is 25.3 Å². The number of hydrogen-bond acceptors (Lipinski definition) is 6. The Kier molecular flexibility index (Phi) is 4.99. The highest BCUT2D eigenvalue weighted by Gasteiger charge is 2.31. The average Bonchev–Trinajstić information content (AvgIpc) is 3.40. The molecule has 1 N–H and O–H groups in total. The van der Waals surface area contributed by atoms with Crippen molar-refractivity contribution in [2.45, 2.75) is 62.8 Å². The molecule has 0 unspecified atom stereocenters. The summed E-state index contributed by atoms with van der Waals surface area (Å²) < 4.78 is 22.0. The molecule has 31 heavy (non-hydrogen) atoms. The Bertz CT molecular complexity index is 1060. The van der Waals surface area contributed by atoms with Crippen molar-refractivity contribution in [3.63, 3.8) is 0 Å². The summed E-state index contributed by atoms with van der Waals surface area (Å²) in [6.07, 6.45) is 7.93. The van der Waals surface area contributed by atoms with E-state index >= 15 is 0 Å². The molecule has 3 aromatic rings. The number of likely N-dealkylation sites (tertiary alicyclic amines) is 1. The molecule has 2 aromatic heterocycles. The molecule has 4 heterocycles. The van der Waals surface area contributed by atoms with E-state index in [9.17, 15) is 4.39 Å². The predicted molar refractivity (Wildman–Crippen MR) is 115 cm³/mol. The molecule has 0 atom stereocenters. The molecular weight excluding hydrogens is 395 g/mol. The molecule has 1 saturated carbocycles. The predicted octanol–water partition coefficient (Wildman–Crippen LogP) is 3.75. The van der Waals surface area contributed by atoms with Gasteiger partial charge in [0.1, 0.15) is 11.3 Å². The van der Waals surface area contributed by atoms with E-state index in [0.717, 1.165) is 62.9 Å². The van der Waals surface area contributed by atoms with Crippen LogP contribution in [0.25, 0.3) is 16.9 Å². The van der Waals surface area contributed by atoms with E-state index in [1.807, 2.05) is 6.07 Å². The molecule has 0 amide bonds. The van der Waals surface area contributed by atoms with Crippen molar-refractivity contribution in [3.05, 3.63) is 35.6 Å². The molecule has 1 aliphatic carbocycles. The van der Waals surface area contributed by atoms with Crippen molar-refractivity contribution >= 4 is 10.9 Å². The number of benzene rings is 1. The van der Waals surface area contributed by atoms with E-state index in [0.29, 0.717) is 29.3 Å². The average molecular weight is 425 g/mol. The van der Waals surface area contributed by atoms with Gasteiger partial charge >= 0.3 is 0 Å². The number of rotatable bonds is 4. The quantitative estimate of drug-likeness (QED) is 0.688. The second-order valence-electron chi connectivity index (χ2n) is 9.28. The monoisotopic (exact) mass is 424 g/mol. The molecule has 0 spiro atoms. The van der Waals surface area contributed by atoms with Crippen molar-refractivity contribution in [1.82, 2.24) is 30.1 Å². The summed E-state index contributed by atoms with van der Waals surface area (Å²) >= 11 is 0. The minimum absolute atomic E-state index is 0.261. The van der Waals surface area contributed by atoms with Crippen LogP contribution in [-0.4, -0.2) is 57.0 Å². The Hall–Kier alpha value is -2.32. The SMILES string of the molecule is Fc1cccc2c(C3CCC3)nn(-c3noc(C4CCN(C5CCNCC5)CC4)n3)c12. The van der Waals surface area contributed by atoms with E-state index < -0.39 is 0 Å². The number of nitrogens with zero attached hydrogens (tertiary/aromatic N) is 5. The highest BCUT2D eigenvalue weighted by Crippen LogP contribution is 2.40. The molecule has 0 radical (unpaired) electrons. The minimum atomic E-state index is -0.294. The highest BCUT2D eigenvalue weighted by atomic mass is 19.1. The largest absolute Gasteiger partial charge is 0.337 e. The van der Waals surface area contributed by atoms with Crippen LogP contribution < -0.4 is 5.32 Å². The van der Waals surface area contributed by atoms with Gasteiger partial charge in [-0.1, -0.05) is 18.6 Å². The first-order valence-electron chi connectivity index (χ1n) is 11.7. The minimum Gasteiger partial charge on any atom is -0.337 e. The van der Waals surface area contributed by atoms with Gasteiger partial charge < -0.3 is 14.7 Å². The molecule has 2 aliphatic heterocycles. The maximum Gasteiger partial charge on any atom is 0.291 e. The Morgan fingerprint density at radius 2 is 1.81 bits per heavy atom. The topological polar surface area (TPSA) is 72.0 Å². The fraction of sp³-hybridized carbons (Fsp3) is 0.609. The fourth-order valence-electron chi connectivity index (χ4n) is 5.44. The molecule has 2 saturated heterocycles. The summed E-state index contributed by atoms with van der Waals surface area (Å²) in [4.78, 5) is 7.30. The van der Waals surface area contributed by atoms with Gasteiger partial charge in [-0.15, -0.1) is 0 Å². The van der Waals surface area contributed by atoms with Crippen LogP contribution in [0.3, 0.4) is 0 Å². The molecule has 6 rings (SSSR count). The van der Waals surface area contributed by atoms with E-state index in [-0.39, 0.29) is 11.7 Å². The number of aromatic nitrogens is 4. The van der Waals surface area contributed by atoms with Crippen LogP contribution in [0, 0.1) is 5.82 Å². The van der Waals surface area contributed by atoms with Gasteiger partial charge in [0.2, 0.25) is 5.89 Å². The lowest BCUT2D eigenvalue weighted by molar-refractivity contribution is 0.120. The van der Waals surface area contributed by atoms with Crippen LogP contribution in [0.1, 0.15) is 68.4 Å². The van der Waals surface area contributed by atoms with Crippen LogP contribution in [-0.2, 0) is 0 Å². The third-order valence-corrected chi connectivity index (χ3v) is 7.50. The zero-order valence-corrected chi connectivity index (χ0v) is 17.8. The van der Waals surface area contributed by atoms with E-state index in [2.05, 4.69) is 20.4 Å². The zero-order valence-electron chi connectivity index (χ0n) is 17.8. The number of piperidine rings is 2. The number of para-hydroxylation sites is 1. The Morgan fingerprint density at radius 1 is 1.00 bits per heavy atom. The van der Waals surface area contributed by atoms with Crippen LogP contribution in [0.2, 0.25) is 0 Å². The lowest BCUT2D eigenvalue weighted by Crippen LogP contribution is -2.46. The summed E-state index contributed by atoms with van der Waals surface area (Å²) in [5.41, 5.74) is 1.42. The molecule has 8 heteroatoms. The number of hydrogen-bond donors (Lipinski definition) is 1. The molecular formula is C23H29FN6O. The van der Waals surface area contributed by atoms with Gasteiger partial charge in [0.25, 0.3) is 5.95 Å². The second kappa shape index (κ2) is 7.98. The number of nitrogens with one attached hydrogen (secondary N) is 1. The molecule has 7 nitrogen and oxygen atoms in total. The van der Waals surface area contributed by atoms with Crippen molar-refractivity contribution in [2.75, 3.05) is 26.2 Å². The van der Waals surface area contributed by atoms with Crippen molar-refractivity contribution in [1.29, 1.82) is 0 Å². The van der Waals surface area contributed by atoms with Crippen molar-refractivity contribution in [3.8, 4) is 5.95 Å². The van der Waals surface area contributed by atoms with E-state index in [4.69, 9.17) is 9.62 Å². The normalized spacial score (nSPS) is 22.2. The highest BCUT2D eigenvalue weighted by molar-refractivity contribution is 5.84. The summed E-state index contributed by atoms with van der Waals surface area (Å²) in [5.74, 6) is 1.37.